The molecule has 0 saturated carbocycles. The summed E-state index contributed by atoms with van der Waals surface area (Å²) < 4.78 is 26.9. The minimum absolute atomic E-state index is 0.404. The molecule has 0 atom stereocenters. The van der Waals surface area contributed by atoms with Crippen LogP contribution in [0, 0.1) is 0 Å². The molecule has 0 unspecified atom stereocenters. The number of rotatable bonds is 8. The Bertz CT molecular complexity index is 7560. The van der Waals surface area contributed by atoms with E-state index in [4.69, 9.17) is 38.1 Å². The van der Waals surface area contributed by atoms with Crippen molar-refractivity contribution in [3.8, 4) is 78.7 Å². The van der Waals surface area contributed by atoms with Crippen LogP contribution in [0.5, 0.6) is 0 Å². The molecule has 12 heteroatoms. The van der Waals surface area contributed by atoms with Gasteiger partial charge in [-0.15, -0.1) is 0 Å². The molecule has 0 amide bonds. The molecule has 1 aliphatic heterocycles. The van der Waals surface area contributed by atoms with E-state index < -0.39 is 18.3 Å². The van der Waals surface area contributed by atoms with E-state index in [0.29, 0.717) is 0 Å². The minimum Gasteiger partial charge on any atom is -0.455 e. The number of hydrogen-bond donors (Lipinski definition) is 0. The van der Waals surface area contributed by atoms with E-state index in [9.17, 15) is 0 Å². The summed E-state index contributed by atoms with van der Waals surface area (Å²) in [5.41, 5.74) is 20.0. The Hall–Kier alpha value is -13.9. The third-order valence-corrected chi connectivity index (χ3v) is 24.1. The molecule has 22 aromatic rings. The van der Waals surface area contributed by atoms with E-state index in [1.807, 2.05) is 91.3 Å². The third kappa shape index (κ3) is 11.9. The lowest BCUT2D eigenvalue weighted by atomic mass is 9.78. The van der Waals surface area contributed by atoms with Gasteiger partial charge in [-0.2, -0.15) is 0 Å². The lowest BCUT2D eigenvalue weighted by Gasteiger charge is -2.32. The predicted octanol–water partition coefficient (Wildman–Crippen LogP) is 27.2. The molecule has 23 rings (SSSR count). The molecule has 10 nitrogen and oxygen atoms in total. The molecule has 0 aliphatic carbocycles. The van der Waals surface area contributed by atoms with Crippen molar-refractivity contribution in [1.82, 2.24) is 29.9 Å². The maximum atomic E-state index is 6.65. The number of para-hydroxylation sites is 2. The van der Waals surface area contributed by atoms with E-state index in [2.05, 4.69) is 302 Å². The van der Waals surface area contributed by atoms with Gasteiger partial charge in [-0.3, -0.25) is 9.97 Å². The average Bonchev–Trinajstić information content (AvgIpc) is 1.39. The number of hydrogen-bond acceptors (Lipinski definition) is 10. The maximum absolute atomic E-state index is 6.65. The van der Waals surface area contributed by atoms with Crippen LogP contribution in [-0.4, -0.2) is 48.2 Å². The Kier molecular flexibility index (Phi) is 17.1. The predicted molar refractivity (Wildman–Crippen MR) is 482 cm³/mol. The number of fused-ring (bicyclic) bond motifs is 18. The van der Waals surface area contributed by atoms with Crippen LogP contribution >= 0.6 is 15.9 Å². The summed E-state index contributed by atoms with van der Waals surface area (Å²) in [5.74, 6) is 0. The Labute approximate surface area is 676 Å². The summed E-state index contributed by atoms with van der Waals surface area (Å²) in [7, 11) is -0.445. The van der Waals surface area contributed by atoms with Crippen molar-refractivity contribution in [2.45, 2.75) is 38.9 Å². The lowest BCUT2D eigenvalue weighted by molar-refractivity contribution is 0.00578. The SMILES string of the molecule is Brc1c2ccccc2c(-c2cccc(-c3ccncc3)n2)c2ccccc12.CC1(C)OB(c2ccc3c(c2)nc(-c2ccccc2)c2ccc4c5ccccc5oc4c23)OC1(C)C.c1ccc(-c2nc3cc(-c4c5ccccc5c(-c5cccc(-c6ccncc6)n5)c5ccccc45)ccc3c3c2ccc2c4ccccc4oc23)cc1. The Balaban J connectivity index is 0.000000116. The Morgan fingerprint density at radius 1 is 0.267 bits per heavy atom. The fourth-order valence-corrected chi connectivity index (χ4v) is 17.7. The zero-order chi connectivity index (χ0) is 77.8. The van der Waals surface area contributed by atoms with Gasteiger partial charge in [-0.1, -0.05) is 243 Å². The quantitative estimate of drug-likeness (QED) is 0.0826. The van der Waals surface area contributed by atoms with Gasteiger partial charge in [-0.25, -0.2) is 19.9 Å². The summed E-state index contributed by atoms with van der Waals surface area (Å²) in [4.78, 5) is 29.2. The van der Waals surface area contributed by atoms with Crippen molar-refractivity contribution >= 4 is 159 Å². The number of halogens is 1. The highest BCUT2D eigenvalue weighted by atomic mass is 79.9. The summed E-state index contributed by atoms with van der Waals surface area (Å²) in [6.45, 7) is 8.30. The molecule has 14 aromatic carbocycles. The molecule has 0 bridgehead atoms. The van der Waals surface area contributed by atoms with Gasteiger partial charge >= 0.3 is 7.12 Å². The second-order valence-electron chi connectivity index (χ2n) is 30.6. The fraction of sp³-hybridized carbons (Fsp3) is 0.0577. The van der Waals surface area contributed by atoms with Crippen molar-refractivity contribution in [3.05, 3.63) is 357 Å². The van der Waals surface area contributed by atoms with Gasteiger partial charge in [0.2, 0.25) is 0 Å². The van der Waals surface area contributed by atoms with Gasteiger partial charge in [0, 0.05) is 117 Å². The van der Waals surface area contributed by atoms with E-state index in [1.54, 1.807) is 12.4 Å². The molecule has 116 heavy (non-hydrogen) atoms. The van der Waals surface area contributed by atoms with Gasteiger partial charge < -0.3 is 18.1 Å². The molecule has 0 radical (unpaired) electrons. The largest absolute Gasteiger partial charge is 0.494 e. The monoisotopic (exact) mass is 1560 g/mol. The van der Waals surface area contributed by atoms with Crippen LogP contribution in [0.15, 0.2) is 366 Å². The van der Waals surface area contributed by atoms with Crippen LogP contribution in [0.3, 0.4) is 0 Å². The normalized spacial score (nSPS) is 13.3. The molecular weight excluding hydrogens is 1490 g/mol. The second kappa shape index (κ2) is 28.3. The Morgan fingerprint density at radius 3 is 1.07 bits per heavy atom. The number of benzene rings is 14. The van der Waals surface area contributed by atoms with Crippen LogP contribution in [0.25, 0.3) is 209 Å². The number of pyridine rings is 6. The maximum Gasteiger partial charge on any atom is 0.494 e. The van der Waals surface area contributed by atoms with Crippen LogP contribution in [0.4, 0.5) is 0 Å². The summed E-state index contributed by atoms with van der Waals surface area (Å²) in [6.07, 6.45) is 7.22. The van der Waals surface area contributed by atoms with E-state index >= 15 is 0 Å². The van der Waals surface area contributed by atoms with Gasteiger partial charge in [0.05, 0.1) is 56.4 Å². The van der Waals surface area contributed by atoms with Gasteiger partial charge in [-0.05, 0) is 188 Å². The minimum atomic E-state index is -0.445. The first-order valence-electron chi connectivity index (χ1n) is 39.1. The average molecular weight is 1560 g/mol. The van der Waals surface area contributed by atoms with Crippen molar-refractivity contribution in [1.29, 1.82) is 0 Å². The molecule has 1 aliphatic rings. The highest BCUT2D eigenvalue weighted by molar-refractivity contribution is 9.10. The van der Waals surface area contributed by atoms with Gasteiger partial charge in [0.15, 0.2) is 0 Å². The molecule has 1 fully saturated rings. The van der Waals surface area contributed by atoms with Crippen LogP contribution < -0.4 is 5.46 Å². The highest BCUT2D eigenvalue weighted by Gasteiger charge is 2.52. The summed E-state index contributed by atoms with van der Waals surface area (Å²) in [6, 6.07) is 114. The van der Waals surface area contributed by atoms with Gasteiger partial charge in [0.25, 0.3) is 0 Å². The van der Waals surface area contributed by atoms with E-state index in [0.717, 1.165) is 175 Å². The molecule has 9 heterocycles. The second-order valence-corrected chi connectivity index (χ2v) is 31.4. The smallest absolute Gasteiger partial charge is 0.455 e. The molecule has 1 saturated heterocycles. The zero-order valence-electron chi connectivity index (χ0n) is 63.8. The molecular formula is C104H70BBrN6O4. The van der Waals surface area contributed by atoms with Crippen molar-refractivity contribution in [2.24, 2.45) is 0 Å². The molecule has 0 spiro atoms. The standard InChI is InChI=1S/C49H29N3O.C31H26BNO3.C24H15BrN2/c1-2-11-31(12-3-1)48-40-24-23-38-33-13-8-9-20-44(33)53-49(38)47(40)39-22-21-32(29-43(39)52-48)45-34-14-4-6-16-36(34)46(37-17-7-5-15-35(37)45)42-19-10-18-41(51-42)30-25-27-50-28-26-30;1-30(2)31(3,4)36-32(35-30)20-14-15-23-25(18-20)33-28(19-10-6-5-7-11-19)24-17-16-22-21-12-8-9-13-26(21)34-29(22)27(23)24;25-24-19-8-3-1-6-17(19)23(18-7-2-4-9-20(18)24)22-11-5-10-21(27-22)16-12-14-26-15-13-16/h1-29H;5-18H,1-4H3;1-15H. The third-order valence-electron chi connectivity index (χ3n) is 23.3. The zero-order valence-corrected chi connectivity index (χ0v) is 65.3. The van der Waals surface area contributed by atoms with Crippen molar-refractivity contribution in [3.63, 3.8) is 0 Å². The summed E-state index contributed by atoms with van der Waals surface area (Å²) >= 11 is 3.81. The number of nitrogens with zero attached hydrogens (tertiary/aromatic N) is 6. The number of furan rings is 2. The van der Waals surface area contributed by atoms with Crippen LogP contribution in [0.2, 0.25) is 0 Å². The first-order valence-corrected chi connectivity index (χ1v) is 39.8. The van der Waals surface area contributed by atoms with Crippen molar-refractivity contribution < 1.29 is 18.1 Å². The van der Waals surface area contributed by atoms with Crippen molar-refractivity contribution in [2.75, 3.05) is 0 Å². The highest BCUT2D eigenvalue weighted by Crippen LogP contribution is 2.49. The van der Waals surface area contributed by atoms with Crippen LogP contribution in [0.1, 0.15) is 27.7 Å². The fourth-order valence-electron chi connectivity index (χ4n) is 17.1. The van der Waals surface area contributed by atoms with Crippen LogP contribution in [-0.2, 0) is 9.31 Å². The molecule has 550 valence electrons. The van der Waals surface area contributed by atoms with E-state index in [-0.39, 0.29) is 0 Å². The van der Waals surface area contributed by atoms with E-state index in [1.165, 1.54) is 43.4 Å². The Morgan fingerprint density at radius 2 is 0.621 bits per heavy atom. The summed E-state index contributed by atoms with van der Waals surface area (Å²) in [5, 5.41) is 20.3. The number of aromatic nitrogens is 6. The molecule has 0 N–H and O–H groups in total. The molecule has 8 aromatic heterocycles. The first-order chi connectivity index (χ1) is 56.9. The van der Waals surface area contributed by atoms with Gasteiger partial charge in [0.1, 0.15) is 22.3 Å². The lowest BCUT2D eigenvalue weighted by Crippen LogP contribution is -2.41. The topological polar surface area (TPSA) is 122 Å². The first kappa shape index (κ1) is 70.0.